The highest BCUT2D eigenvalue weighted by Crippen LogP contribution is 2.21. The van der Waals surface area contributed by atoms with Gasteiger partial charge in [-0.2, -0.15) is 0 Å². The largest absolute Gasteiger partial charge is 0.498 e. The van der Waals surface area contributed by atoms with Crippen LogP contribution in [0.25, 0.3) is 0 Å². The van der Waals surface area contributed by atoms with Gasteiger partial charge in [0.25, 0.3) is 0 Å². The summed E-state index contributed by atoms with van der Waals surface area (Å²) in [5.74, 6) is -0.105. The van der Waals surface area contributed by atoms with Crippen molar-refractivity contribution in [3.8, 4) is 0 Å². The number of carbonyl (C=O) groups is 1. The minimum absolute atomic E-state index is 0.0260. The molecule has 0 heterocycles. The summed E-state index contributed by atoms with van der Waals surface area (Å²) in [5, 5.41) is 0. The molecule has 0 amide bonds. The highest BCUT2D eigenvalue weighted by molar-refractivity contribution is 9.10. The van der Waals surface area contributed by atoms with Gasteiger partial charge in [-0.15, -0.1) is 0 Å². The summed E-state index contributed by atoms with van der Waals surface area (Å²) in [6.45, 7) is 7.72. The third-order valence-corrected chi connectivity index (χ3v) is 3.24. The molecular weight excluding hydrogens is 306 g/mol. The van der Waals surface area contributed by atoms with Crippen molar-refractivity contribution in [3.05, 3.63) is 46.6 Å². The zero-order valence-corrected chi connectivity index (χ0v) is 13.0. The van der Waals surface area contributed by atoms with Crippen LogP contribution in [0.3, 0.4) is 0 Å². The Morgan fingerprint density at radius 1 is 1.42 bits per heavy atom. The Kier molecular flexibility index (Phi) is 5.96. The number of hydrogen-bond acceptors (Lipinski definition) is 3. The third kappa shape index (κ3) is 4.03. The number of nitrogens with zero attached hydrogens (tertiary/aromatic N) is 1. The van der Waals surface area contributed by atoms with Crippen molar-refractivity contribution in [1.82, 2.24) is 0 Å². The predicted molar refractivity (Wildman–Crippen MR) is 81.5 cm³/mol. The Hall–Kier alpha value is -1.42. The molecule has 1 aromatic carbocycles. The van der Waals surface area contributed by atoms with Gasteiger partial charge in [-0.1, -0.05) is 34.6 Å². The molecule has 0 N–H and O–H groups in total. The summed E-state index contributed by atoms with van der Waals surface area (Å²) >= 11 is 3.39. The average molecular weight is 324 g/mol. The van der Waals surface area contributed by atoms with Crippen LogP contribution in [0.2, 0.25) is 0 Å². The van der Waals surface area contributed by atoms with E-state index in [1.165, 1.54) is 6.92 Å². The number of benzene rings is 1. The molecule has 0 radical (unpaired) electrons. The predicted octanol–water partition coefficient (Wildman–Crippen LogP) is 3.62. The van der Waals surface area contributed by atoms with Gasteiger partial charge in [-0.25, -0.2) is 0 Å². The quantitative estimate of drug-likeness (QED) is 0.592. The first-order valence-corrected chi connectivity index (χ1v) is 6.85. The maximum absolute atomic E-state index is 11.9. The van der Waals surface area contributed by atoms with Crippen LogP contribution in [0.4, 0.5) is 0 Å². The molecular formula is C15H18BrNO2. The highest BCUT2D eigenvalue weighted by Gasteiger charge is 2.26. The summed E-state index contributed by atoms with van der Waals surface area (Å²) in [6, 6.07) is 7.67. The van der Waals surface area contributed by atoms with Crippen molar-refractivity contribution in [1.29, 1.82) is 0 Å². The lowest BCUT2D eigenvalue weighted by molar-refractivity contribution is -0.118. The number of Topliss-reactive ketones (excluding diaryl/α,β-unsaturated/α-hetero) is 1. The average Bonchev–Trinajstić information content (AvgIpc) is 2.36. The van der Waals surface area contributed by atoms with Crippen LogP contribution in [-0.4, -0.2) is 25.1 Å². The fourth-order valence-electron chi connectivity index (χ4n) is 1.89. The van der Waals surface area contributed by atoms with Crippen LogP contribution < -0.4 is 0 Å². The Labute approximate surface area is 122 Å². The molecule has 0 aliphatic carbocycles. The number of ketones is 1. The summed E-state index contributed by atoms with van der Waals surface area (Å²) in [6.07, 6.45) is 0. The van der Waals surface area contributed by atoms with Gasteiger partial charge in [0.2, 0.25) is 0 Å². The second kappa shape index (κ2) is 7.24. The fraction of sp³-hybridized carbons (Fsp3) is 0.333. The van der Waals surface area contributed by atoms with Crippen LogP contribution in [0.5, 0.6) is 0 Å². The van der Waals surface area contributed by atoms with E-state index >= 15 is 0 Å². The van der Waals surface area contributed by atoms with Crippen LogP contribution >= 0.6 is 15.9 Å². The lowest BCUT2D eigenvalue weighted by Gasteiger charge is -2.19. The zero-order chi connectivity index (χ0) is 14.4. The third-order valence-electron chi connectivity index (χ3n) is 2.71. The van der Waals surface area contributed by atoms with Gasteiger partial charge in [0.1, 0.15) is 17.5 Å². The number of halogens is 1. The van der Waals surface area contributed by atoms with Crippen molar-refractivity contribution in [2.24, 2.45) is 10.9 Å². The van der Waals surface area contributed by atoms with E-state index in [1.807, 2.05) is 31.2 Å². The smallest absolute Gasteiger partial charge is 0.146 e. The summed E-state index contributed by atoms with van der Waals surface area (Å²) < 4.78 is 6.37. The van der Waals surface area contributed by atoms with Crippen LogP contribution in [0.1, 0.15) is 19.4 Å². The molecule has 0 bridgehead atoms. The molecule has 4 heteroatoms. The highest BCUT2D eigenvalue weighted by atomic mass is 79.9. The molecule has 19 heavy (non-hydrogen) atoms. The summed E-state index contributed by atoms with van der Waals surface area (Å²) in [7, 11) is 1.67. The van der Waals surface area contributed by atoms with Gasteiger partial charge < -0.3 is 4.74 Å². The SMILES string of the molecule is C=C(OCC)C(C(C)=O)C(=NC)c1ccc(Br)cc1. The van der Waals surface area contributed by atoms with Gasteiger partial charge >= 0.3 is 0 Å². The van der Waals surface area contributed by atoms with Gasteiger partial charge in [0.15, 0.2) is 0 Å². The Balaban J connectivity index is 3.15. The van der Waals surface area contributed by atoms with Gasteiger partial charge in [0.05, 0.1) is 12.3 Å². The first-order valence-electron chi connectivity index (χ1n) is 6.05. The molecule has 0 saturated heterocycles. The van der Waals surface area contributed by atoms with E-state index in [0.29, 0.717) is 18.1 Å². The second-order valence-electron chi connectivity index (χ2n) is 4.06. The van der Waals surface area contributed by atoms with Crippen LogP contribution in [0, 0.1) is 5.92 Å². The molecule has 0 fully saturated rings. The summed E-state index contributed by atoms with van der Waals surface area (Å²) in [5.41, 5.74) is 1.57. The van der Waals surface area contributed by atoms with Crippen LogP contribution in [0.15, 0.2) is 46.1 Å². The minimum Gasteiger partial charge on any atom is -0.498 e. The maximum atomic E-state index is 11.9. The number of carbonyl (C=O) groups excluding carboxylic acids is 1. The number of ether oxygens (including phenoxy) is 1. The van der Waals surface area contributed by atoms with Crippen LogP contribution in [-0.2, 0) is 9.53 Å². The molecule has 102 valence electrons. The number of aliphatic imine (C=N–C) groups is 1. The Morgan fingerprint density at radius 3 is 2.42 bits per heavy atom. The number of rotatable bonds is 6. The molecule has 0 saturated carbocycles. The van der Waals surface area contributed by atoms with E-state index in [9.17, 15) is 4.79 Å². The second-order valence-corrected chi connectivity index (χ2v) is 4.97. The molecule has 1 rings (SSSR count). The first-order chi connectivity index (χ1) is 9.01. The topological polar surface area (TPSA) is 38.7 Å². The molecule has 1 atom stereocenters. The Bertz CT molecular complexity index is 491. The first kappa shape index (κ1) is 15.6. The molecule has 0 aliphatic rings. The molecule has 1 aromatic rings. The van der Waals surface area contributed by atoms with E-state index in [4.69, 9.17) is 4.74 Å². The monoisotopic (exact) mass is 323 g/mol. The standard InChI is InChI=1S/C15H18BrNO2/c1-5-19-11(3)14(10(2)18)15(17-4)12-6-8-13(16)9-7-12/h6-9,14H,3,5H2,1-2,4H3. The molecule has 0 spiro atoms. The van der Waals surface area contributed by atoms with Crippen molar-refractivity contribution in [2.45, 2.75) is 13.8 Å². The van der Waals surface area contributed by atoms with Gasteiger partial charge in [-0.3, -0.25) is 9.79 Å². The van der Waals surface area contributed by atoms with Gasteiger partial charge in [-0.05, 0) is 31.5 Å². The van der Waals surface area contributed by atoms with E-state index in [-0.39, 0.29) is 5.78 Å². The van der Waals surface area contributed by atoms with E-state index in [2.05, 4.69) is 27.5 Å². The van der Waals surface area contributed by atoms with Crippen molar-refractivity contribution >= 4 is 27.4 Å². The number of allylic oxidation sites excluding steroid dienone is 1. The summed E-state index contributed by atoms with van der Waals surface area (Å²) in [4.78, 5) is 16.1. The molecule has 0 aliphatic heterocycles. The van der Waals surface area contributed by atoms with E-state index in [1.54, 1.807) is 7.05 Å². The molecule has 3 nitrogen and oxygen atoms in total. The van der Waals surface area contributed by atoms with Gasteiger partial charge in [0, 0.05) is 11.5 Å². The maximum Gasteiger partial charge on any atom is 0.146 e. The van der Waals surface area contributed by atoms with E-state index in [0.717, 1.165) is 10.0 Å². The van der Waals surface area contributed by atoms with Crippen molar-refractivity contribution in [2.75, 3.05) is 13.7 Å². The fourth-order valence-corrected chi connectivity index (χ4v) is 2.15. The van der Waals surface area contributed by atoms with Crippen molar-refractivity contribution < 1.29 is 9.53 Å². The van der Waals surface area contributed by atoms with E-state index < -0.39 is 5.92 Å². The normalized spacial score (nSPS) is 12.9. The lowest BCUT2D eigenvalue weighted by Crippen LogP contribution is -2.26. The number of hydrogen-bond donors (Lipinski definition) is 0. The molecule has 1 unspecified atom stereocenters. The lowest BCUT2D eigenvalue weighted by atomic mass is 9.92. The Morgan fingerprint density at radius 2 is 2.00 bits per heavy atom. The minimum atomic E-state index is -0.522. The van der Waals surface area contributed by atoms with Crippen molar-refractivity contribution in [3.63, 3.8) is 0 Å². The molecule has 0 aromatic heterocycles. The zero-order valence-electron chi connectivity index (χ0n) is 11.4.